The number of aryl methyl sites for hydroxylation is 2. The first-order chi connectivity index (χ1) is 12.5. The number of nitrogens with zero attached hydrogens (tertiary/aromatic N) is 4. The third kappa shape index (κ3) is 4.45. The highest BCUT2D eigenvalue weighted by Gasteiger charge is 2.35. The molecule has 2 saturated heterocycles. The summed E-state index contributed by atoms with van der Waals surface area (Å²) in [5.41, 5.74) is 3.20. The monoisotopic (exact) mass is 363 g/mol. The fourth-order valence-electron chi connectivity index (χ4n) is 4.25. The van der Waals surface area contributed by atoms with E-state index in [9.17, 15) is 9.90 Å². The van der Waals surface area contributed by atoms with Gasteiger partial charge in [0, 0.05) is 70.5 Å². The van der Waals surface area contributed by atoms with Crippen molar-refractivity contribution in [2.45, 2.75) is 26.7 Å². The molecule has 2 atom stereocenters. The number of rotatable bonds is 6. The number of carbonyl (C=O) groups is 1. The van der Waals surface area contributed by atoms with Gasteiger partial charge in [0.25, 0.3) is 0 Å². The Morgan fingerprint density at radius 3 is 2.50 bits per heavy atom. The molecule has 2 N–H and O–H groups in total. The molecule has 2 aliphatic heterocycles. The van der Waals surface area contributed by atoms with Crippen molar-refractivity contribution in [3.05, 3.63) is 17.0 Å². The van der Waals surface area contributed by atoms with Crippen molar-refractivity contribution in [1.82, 2.24) is 24.9 Å². The van der Waals surface area contributed by atoms with E-state index in [1.165, 1.54) is 0 Å². The quantitative estimate of drug-likeness (QED) is 0.759. The summed E-state index contributed by atoms with van der Waals surface area (Å²) in [4.78, 5) is 19.5. The molecule has 0 aromatic carbocycles. The lowest BCUT2D eigenvalue weighted by Gasteiger charge is -2.34. The molecule has 26 heavy (non-hydrogen) atoms. The fourth-order valence-corrected chi connectivity index (χ4v) is 4.25. The first kappa shape index (κ1) is 19.3. The molecule has 0 saturated carbocycles. The van der Waals surface area contributed by atoms with Gasteiger partial charge in [-0.05, 0) is 38.8 Å². The van der Waals surface area contributed by atoms with Gasteiger partial charge in [0.2, 0.25) is 5.91 Å². The molecule has 0 radical (unpaired) electrons. The number of hydrogen-bond donors (Lipinski definition) is 2. The number of aliphatic hydroxyl groups excluding tert-OH is 1. The van der Waals surface area contributed by atoms with Crippen LogP contribution in [0.2, 0.25) is 0 Å². The van der Waals surface area contributed by atoms with Crippen LogP contribution in [0, 0.1) is 25.7 Å². The third-order valence-electron chi connectivity index (χ3n) is 6.12. The molecule has 0 aliphatic carbocycles. The van der Waals surface area contributed by atoms with E-state index in [2.05, 4.69) is 27.0 Å². The normalized spacial score (nSPS) is 25.2. The summed E-state index contributed by atoms with van der Waals surface area (Å²) in [5, 5.41) is 17.0. The lowest BCUT2D eigenvalue weighted by atomic mass is 9.96. The summed E-state index contributed by atoms with van der Waals surface area (Å²) in [7, 11) is 2.16. The number of aliphatic hydroxyl groups is 1. The zero-order valence-corrected chi connectivity index (χ0v) is 16.4. The second-order valence-corrected chi connectivity index (χ2v) is 8.02. The molecule has 2 fully saturated rings. The molecule has 0 unspecified atom stereocenters. The summed E-state index contributed by atoms with van der Waals surface area (Å²) >= 11 is 0. The molecule has 1 amide bonds. The number of likely N-dealkylation sites (N-methyl/N-ethyl adjacent to an activating group) is 1. The molecular formula is C19H33N5O2. The number of hydrogen-bond acceptors (Lipinski definition) is 5. The average molecular weight is 364 g/mol. The van der Waals surface area contributed by atoms with Gasteiger partial charge < -0.3 is 19.8 Å². The van der Waals surface area contributed by atoms with Gasteiger partial charge in [0.05, 0.1) is 5.69 Å². The van der Waals surface area contributed by atoms with Crippen LogP contribution in [-0.2, 0) is 11.2 Å². The predicted molar refractivity (Wildman–Crippen MR) is 101 cm³/mol. The first-order valence-electron chi connectivity index (χ1n) is 9.78. The molecule has 3 rings (SSSR count). The number of nitrogens with one attached hydrogen (secondary N) is 1. The van der Waals surface area contributed by atoms with E-state index < -0.39 is 0 Å². The number of carbonyl (C=O) groups excluding carboxylic acids is 1. The van der Waals surface area contributed by atoms with Gasteiger partial charge in [0.1, 0.15) is 0 Å². The van der Waals surface area contributed by atoms with Crippen LogP contribution in [0.25, 0.3) is 0 Å². The first-order valence-corrected chi connectivity index (χ1v) is 9.78. The van der Waals surface area contributed by atoms with Crippen molar-refractivity contribution in [2.75, 3.05) is 59.5 Å². The molecule has 1 aromatic rings. The van der Waals surface area contributed by atoms with Gasteiger partial charge in [-0.15, -0.1) is 0 Å². The van der Waals surface area contributed by atoms with Crippen LogP contribution < -0.4 is 0 Å². The van der Waals surface area contributed by atoms with E-state index in [4.69, 9.17) is 0 Å². The van der Waals surface area contributed by atoms with Crippen molar-refractivity contribution >= 4 is 5.91 Å². The van der Waals surface area contributed by atoms with E-state index in [-0.39, 0.29) is 18.4 Å². The predicted octanol–water partition coefficient (Wildman–Crippen LogP) is 0.273. The van der Waals surface area contributed by atoms with Crippen molar-refractivity contribution < 1.29 is 9.90 Å². The molecule has 146 valence electrons. The highest BCUT2D eigenvalue weighted by Crippen LogP contribution is 2.25. The van der Waals surface area contributed by atoms with Crippen LogP contribution in [0.5, 0.6) is 0 Å². The number of amides is 1. The maximum absolute atomic E-state index is 12.7. The smallest absolute Gasteiger partial charge is 0.222 e. The molecule has 0 bridgehead atoms. The minimum Gasteiger partial charge on any atom is -0.396 e. The van der Waals surface area contributed by atoms with Crippen LogP contribution in [-0.4, -0.2) is 95.4 Å². The van der Waals surface area contributed by atoms with Crippen LogP contribution in [0.4, 0.5) is 0 Å². The summed E-state index contributed by atoms with van der Waals surface area (Å²) in [5.74, 6) is 0.782. The molecule has 3 heterocycles. The Balaban J connectivity index is 1.51. The fraction of sp³-hybridized carbons (Fsp3) is 0.789. The molecule has 1 aromatic heterocycles. The number of H-pyrrole nitrogens is 1. The Hall–Kier alpha value is -1.44. The maximum Gasteiger partial charge on any atom is 0.222 e. The van der Waals surface area contributed by atoms with Gasteiger partial charge in [0.15, 0.2) is 0 Å². The Morgan fingerprint density at radius 2 is 1.88 bits per heavy atom. The lowest BCUT2D eigenvalue weighted by Crippen LogP contribution is -2.47. The molecular weight excluding hydrogens is 330 g/mol. The largest absolute Gasteiger partial charge is 0.396 e. The Bertz CT molecular complexity index is 590. The maximum atomic E-state index is 12.7. The van der Waals surface area contributed by atoms with E-state index in [1.54, 1.807) is 0 Å². The van der Waals surface area contributed by atoms with Crippen LogP contribution in [0.1, 0.15) is 23.4 Å². The molecule has 0 spiro atoms. The summed E-state index contributed by atoms with van der Waals surface area (Å²) in [6, 6.07) is 0. The summed E-state index contributed by atoms with van der Waals surface area (Å²) in [6.07, 6.45) is 1.25. The highest BCUT2D eigenvalue weighted by molar-refractivity contribution is 5.76. The number of likely N-dealkylation sites (tertiary alicyclic amines) is 1. The standard InChI is InChI=1S/C19H33N5O2/c1-14-18(15(2)21-20-14)4-5-19(26)24-11-16(17(12-24)13-25)10-23-8-6-22(3)7-9-23/h16-17,25H,4-13H2,1-3H3,(H,20,21)/t16-,17-/m1/s1. The molecule has 2 aliphatic rings. The Labute approximate surface area is 156 Å². The third-order valence-corrected chi connectivity index (χ3v) is 6.12. The second kappa shape index (κ2) is 8.50. The van der Waals surface area contributed by atoms with Crippen molar-refractivity contribution in [2.24, 2.45) is 11.8 Å². The van der Waals surface area contributed by atoms with E-state index in [0.29, 0.717) is 18.9 Å². The number of aromatic amines is 1. The van der Waals surface area contributed by atoms with Gasteiger partial charge in [-0.25, -0.2) is 0 Å². The average Bonchev–Trinajstić information content (AvgIpc) is 3.18. The minimum atomic E-state index is 0.169. The van der Waals surface area contributed by atoms with Crippen LogP contribution >= 0.6 is 0 Å². The van der Waals surface area contributed by atoms with E-state index in [1.807, 2.05) is 18.7 Å². The molecule has 7 heteroatoms. The van der Waals surface area contributed by atoms with Crippen molar-refractivity contribution in [1.29, 1.82) is 0 Å². The topological polar surface area (TPSA) is 75.7 Å². The summed E-state index contributed by atoms with van der Waals surface area (Å²) < 4.78 is 0. The van der Waals surface area contributed by atoms with Gasteiger partial charge in [-0.2, -0.15) is 5.10 Å². The van der Waals surface area contributed by atoms with Gasteiger partial charge >= 0.3 is 0 Å². The second-order valence-electron chi connectivity index (χ2n) is 8.02. The molecule has 7 nitrogen and oxygen atoms in total. The Kier molecular flexibility index (Phi) is 6.32. The zero-order chi connectivity index (χ0) is 18.7. The van der Waals surface area contributed by atoms with E-state index in [0.717, 1.165) is 62.6 Å². The van der Waals surface area contributed by atoms with Gasteiger partial charge in [-0.3, -0.25) is 9.89 Å². The lowest BCUT2D eigenvalue weighted by molar-refractivity contribution is -0.130. The summed E-state index contributed by atoms with van der Waals surface area (Å²) in [6.45, 7) is 11.0. The van der Waals surface area contributed by atoms with Crippen molar-refractivity contribution in [3.63, 3.8) is 0 Å². The van der Waals surface area contributed by atoms with Crippen molar-refractivity contribution in [3.8, 4) is 0 Å². The van der Waals surface area contributed by atoms with E-state index >= 15 is 0 Å². The minimum absolute atomic E-state index is 0.169. The SMILES string of the molecule is Cc1n[nH]c(C)c1CCC(=O)N1C[C@@H](CN2CCN(C)CC2)[C@@H](CO)C1. The zero-order valence-electron chi connectivity index (χ0n) is 16.4. The van der Waals surface area contributed by atoms with Crippen LogP contribution in [0.3, 0.4) is 0 Å². The number of piperazine rings is 1. The van der Waals surface area contributed by atoms with Crippen LogP contribution in [0.15, 0.2) is 0 Å². The highest BCUT2D eigenvalue weighted by atomic mass is 16.3. The number of aromatic nitrogens is 2. The Morgan fingerprint density at radius 1 is 1.19 bits per heavy atom. The van der Waals surface area contributed by atoms with Gasteiger partial charge in [-0.1, -0.05) is 0 Å².